The Kier molecular flexibility index (Phi) is 5.77. The Morgan fingerprint density at radius 2 is 1.72 bits per heavy atom. The topological polar surface area (TPSA) is 91.8 Å². The Labute approximate surface area is 147 Å². The second kappa shape index (κ2) is 8.41. The molecule has 1 fully saturated rings. The maximum Gasteiger partial charge on any atom is 0.249 e. The van der Waals surface area contributed by atoms with Gasteiger partial charge < -0.3 is 16.0 Å². The number of nitrogens with one attached hydrogen (secondary N) is 3. The van der Waals surface area contributed by atoms with Gasteiger partial charge in [-0.15, -0.1) is 5.10 Å². The van der Waals surface area contributed by atoms with Gasteiger partial charge in [0.1, 0.15) is 0 Å². The van der Waals surface area contributed by atoms with Gasteiger partial charge in [0.15, 0.2) is 5.82 Å². The number of benzene rings is 1. The lowest BCUT2D eigenvalue weighted by Crippen LogP contribution is -2.19. The number of carbonyl (C=O) groups is 1. The summed E-state index contributed by atoms with van der Waals surface area (Å²) in [5.74, 6) is 1.11. The summed E-state index contributed by atoms with van der Waals surface area (Å²) >= 11 is 0. The minimum absolute atomic E-state index is 0.0921. The van der Waals surface area contributed by atoms with Crippen molar-refractivity contribution in [2.45, 2.75) is 51.5 Å². The van der Waals surface area contributed by atoms with Crippen LogP contribution in [0.3, 0.4) is 0 Å². The highest BCUT2D eigenvalue weighted by molar-refractivity contribution is 5.88. The lowest BCUT2D eigenvalue weighted by Gasteiger charge is -2.16. The van der Waals surface area contributed by atoms with Gasteiger partial charge in [-0.05, 0) is 37.1 Å². The van der Waals surface area contributed by atoms with Crippen LogP contribution < -0.4 is 16.0 Å². The summed E-state index contributed by atoms with van der Waals surface area (Å²) in [5, 5.41) is 17.4. The zero-order valence-corrected chi connectivity index (χ0v) is 14.5. The van der Waals surface area contributed by atoms with Crippen molar-refractivity contribution in [1.29, 1.82) is 0 Å². The molecule has 1 heterocycles. The van der Waals surface area contributed by atoms with Gasteiger partial charge in [-0.2, -0.15) is 10.1 Å². The first kappa shape index (κ1) is 17.1. The van der Waals surface area contributed by atoms with Gasteiger partial charge in [0.25, 0.3) is 0 Å². The Bertz CT molecular complexity index is 695. The fourth-order valence-electron chi connectivity index (χ4n) is 3.03. The number of hydrogen-bond acceptors (Lipinski definition) is 6. The fraction of sp³-hybridized carbons (Fsp3) is 0.444. The average molecular weight is 340 g/mol. The molecule has 0 aliphatic heterocycles. The molecule has 132 valence electrons. The molecule has 1 aliphatic carbocycles. The van der Waals surface area contributed by atoms with Gasteiger partial charge >= 0.3 is 0 Å². The minimum Gasteiger partial charge on any atom is -0.366 e. The zero-order chi connectivity index (χ0) is 17.5. The lowest BCUT2D eigenvalue weighted by atomic mass is 10.1. The van der Waals surface area contributed by atoms with E-state index in [0.717, 1.165) is 17.2 Å². The second-order valence-electron chi connectivity index (χ2n) is 6.38. The molecule has 1 saturated carbocycles. The Hall–Kier alpha value is -2.70. The van der Waals surface area contributed by atoms with Crippen molar-refractivity contribution in [3.05, 3.63) is 30.5 Å². The molecule has 0 spiro atoms. The SMILES string of the molecule is CC(=O)Nc1ccc(Nc2nncc(NC3CCCCCC3)n2)cc1. The second-order valence-corrected chi connectivity index (χ2v) is 6.38. The van der Waals surface area contributed by atoms with Crippen LogP contribution in [0.1, 0.15) is 45.4 Å². The van der Waals surface area contributed by atoms with Gasteiger partial charge in [0.05, 0.1) is 6.20 Å². The molecule has 0 radical (unpaired) electrons. The fourth-order valence-corrected chi connectivity index (χ4v) is 3.03. The third-order valence-electron chi connectivity index (χ3n) is 4.23. The van der Waals surface area contributed by atoms with Crippen molar-refractivity contribution in [2.24, 2.45) is 0 Å². The minimum atomic E-state index is -0.0921. The monoisotopic (exact) mass is 340 g/mol. The molecular formula is C18H24N6O. The molecular weight excluding hydrogens is 316 g/mol. The van der Waals surface area contributed by atoms with Crippen LogP contribution in [0, 0.1) is 0 Å². The van der Waals surface area contributed by atoms with Crippen LogP contribution in [-0.2, 0) is 4.79 Å². The van der Waals surface area contributed by atoms with E-state index in [0.29, 0.717) is 12.0 Å². The molecule has 1 amide bonds. The first-order valence-corrected chi connectivity index (χ1v) is 8.80. The molecule has 2 aromatic rings. The van der Waals surface area contributed by atoms with Crippen LogP contribution in [0.25, 0.3) is 0 Å². The maximum absolute atomic E-state index is 11.0. The van der Waals surface area contributed by atoms with E-state index in [1.807, 2.05) is 24.3 Å². The highest BCUT2D eigenvalue weighted by atomic mass is 16.1. The summed E-state index contributed by atoms with van der Waals surface area (Å²) in [5.41, 5.74) is 1.59. The number of rotatable bonds is 5. The van der Waals surface area contributed by atoms with E-state index < -0.39 is 0 Å². The predicted molar refractivity (Wildman–Crippen MR) is 99.0 cm³/mol. The van der Waals surface area contributed by atoms with Crippen LogP contribution in [-0.4, -0.2) is 27.1 Å². The molecule has 0 atom stereocenters. The van der Waals surface area contributed by atoms with E-state index in [9.17, 15) is 4.79 Å². The smallest absolute Gasteiger partial charge is 0.249 e. The van der Waals surface area contributed by atoms with E-state index in [-0.39, 0.29) is 5.91 Å². The molecule has 25 heavy (non-hydrogen) atoms. The van der Waals surface area contributed by atoms with Crippen molar-refractivity contribution < 1.29 is 4.79 Å². The molecule has 7 heteroatoms. The number of anilines is 4. The summed E-state index contributed by atoms with van der Waals surface area (Å²) in [6.07, 6.45) is 9.19. The summed E-state index contributed by atoms with van der Waals surface area (Å²) in [4.78, 5) is 15.5. The van der Waals surface area contributed by atoms with Gasteiger partial charge in [-0.25, -0.2) is 0 Å². The predicted octanol–water partition coefficient (Wildman–Crippen LogP) is 3.71. The van der Waals surface area contributed by atoms with Gasteiger partial charge in [-0.3, -0.25) is 4.79 Å². The number of aromatic nitrogens is 3. The normalized spacial score (nSPS) is 15.2. The van der Waals surface area contributed by atoms with E-state index in [2.05, 4.69) is 31.1 Å². The average Bonchev–Trinajstić information content (AvgIpc) is 2.85. The number of carbonyl (C=O) groups excluding carboxylic acids is 1. The Morgan fingerprint density at radius 1 is 1.04 bits per heavy atom. The largest absolute Gasteiger partial charge is 0.366 e. The quantitative estimate of drug-likeness (QED) is 0.719. The highest BCUT2D eigenvalue weighted by Crippen LogP contribution is 2.21. The van der Waals surface area contributed by atoms with E-state index in [4.69, 9.17) is 0 Å². The Balaban J connectivity index is 1.61. The summed E-state index contributed by atoms with van der Waals surface area (Å²) < 4.78 is 0. The standard InChI is InChI=1S/C18H24N6O/c1-13(25)20-15-8-10-16(11-9-15)22-18-23-17(12-19-24-18)21-14-6-4-2-3-5-7-14/h8-12,14H,2-7H2,1H3,(H,20,25)(H2,21,22,23,24). The molecule has 1 aromatic carbocycles. The first-order valence-electron chi connectivity index (χ1n) is 8.80. The van der Waals surface area contributed by atoms with Crippen LogP contribution in [0.2, 0.25) is 0 Å². The molecule has 0 saturated heterocycles. The highest BCUT2D eigenvalue weighted by Gasteiger charge is 2.13. The molecule has 7 nitrogen and oxygen atoms in total. The van der Waals surface area contributed by atoms with Gasteiger partial charge in [0, 0.05) is 24.3 Å². The van der Waals surface area contributed by atoms with Crippen LogP contribution in [0.15, 0.2) is 30.5 Å². The molecule has 1 aromatic heterocycles. The van der Waals surface area contributed by atoms with Crippen molar-refractivity contribution in [1.82, 2.24) is 15.2 Å². The van der Waals surface area contributed by atoms with Crippen LogP contribution in [0.4, 0.5) is 23.1 Å². The third-order valence-corrected chi connectivity index (χ3v) is 4.23. The first-order chi connectivity index (χ1) is 12.2. The molecule has 3 N–H and O–H groups in total. The van der Waals surface area contributed by atoms with Crippen molar-refractivity contribution in [3.63, 3.8) is 0 Å². The van der Waals surface area contributed by atoms with Crippen molar-refractivity contribution in [2.75, 3.05) is 16.0 Å². The molecule has 3 rings (SSSR count). The van der Waals surface area contributed by atoms with E-state index in [1.54, 1.807) is 6.20 Å². The number of amides is 1. The molecule has 0 unspecified atom stereocenters. The number of hydrogen-bond donors (Lipinski definition) is 3. The van der Waals surface area contributed by atoms with Gasteiger partial charge in [-0.1, -0.05) is 25.7 Å². The van der Waals surface area contributed by atoms with Crippen LogP contribution in [0.5, 0.6) is 0 Å². The van der Waals surface area contributed by atoms with E-state index >= 15 is 0 Å². The summed E-state index contributed by atoms with van der Waals surface area (Å²) in [7, 11) is 0. The van der Waals surface area contributed by atoms with Crippen molar-refractivity contribution in [3.8, 4) is 0 Å². The number of nitrogens with zero attached hydrogens (tertiary/aromatic N) is 3. The summed E-state index contributed by atoms with van der Waals surface area (Å²) in [6, 6.07) is 7.83. The maximum atomic E-state index is 11.0. The lowest BCUT2D eigenvalue weighted by molar-refractivity contribution is -0.114. The van der Waals surface area contributed by atoms with Gasteiger partial charge in [0.2, 0.25) is 11.9 Å². The van der Waals surface area contributed by atoms with E-state index in [1.165, 1.54) is 45.4 Å². The van der Waals surface area contributed by atoms with Crippen LogP contribution >= 0.6 is 0 Å². The Morgan fingerprint density at radius 3 is 2.40 bits per heavy atom. The van der Waals surface area contributed by atoms with Crippen molar-refractivity contribution >= 4 is 29.0 Å². The third kappa shape index (κ3) is 5.41. The molecule has 0 bridgehead atoms. The zero-order valence-electron chi connectivity index (χ0n) is 14.5. The molecule has 1 aliphatic rings. The summed E-state index contributed by atoms with van der Waals surface area (Å²) in [6.45, 7) is 1.48.